The van der Waals surface area contributed by atoms with Crippen molar-refractivity contribution in [1.82, 2.24) is 0 Å². The predicted octanol–water partition coefficient (Wildman–Crippen LogP) is 3.74. The Morgan fingerprint density at radius 1 is 1.18 bits per heavy atom. The molecule has 1 N–H and O–H groups in total. The number of carbonyl (C=O) groups is 1. The van der Waals surface area contributed by atoms with Crippen LogP contribution in [0.1, 0.15) is 12.5 Å². The third kappa shape index (κ3) is 3.81. The molecule has 0 fully saturated rings. The quantitative estimate of drug-likeness (QED) is 0.912. The van der Waals surface area contributed by atoms with Gasteiger partial charge in [0.15, 0.2) is 0 Å². The van der Waals surface area contributed by atoms with E-state index in [1.54, 1.807) is 4.90 Å². The van der Waals surface area contributed by atoms with Gasteiger partial charge in [0.05, 0.1) is 12.2 Å². The smallest absolute Gasteiger partial charge is 0.246 e. The summed E-state index contributed by atoms with van der Waals surface area (Å²) in [6.07, 6.45) is 0. The first kappa shape index (κ1) is 15.9. The molecule has 22 heavy (non-hydrogen) atoms. The summed E-state index contributed by atoms with van der Waals surface area (Å²) in [7, 11) is 0. The molecule has 116 valence electrons. The molecule has 2 rings (SSSR count). The first-order valence-corrected chi connectivity index (χ1v) is 7.07. The fraction of sp³-hybridized carbons (Fsp3) is 0.235. The van der Waals surface area contributed by atoms with Gasteiger partial charge in [0.25, 0.3) is 0 Å². The number of benzene rings is 2. The van der Waals surface area contributed by atoms with Gasteiger partial charge in [-0.1, -0.05) is 12.1 Å². The normalized spacial score (nSPS) is 10.4. The van der Waals surface area contributed by atoms with Crippen molar-refractivity contribution in [2.75, 3.05) is 23.3 Å². The van der Waals surface area contributed by atoms with Crippen molar-refractivity contribution in [3.63, 3.8) is 0 Å². The van der Waals surface area contributed by atoms with Crippen LogP contribution in [0.4, 0.5) is 20.2 Å². The van der Waals surface area contributed by atoms with E-state index in [4.69, 9.17) is 0 Å². The fourth-order valence-corrected chi connectivity index (χ4v) is 2.20. The Labute approximate surface area is 128 Å². The predicted molar refractivity (Wildman–Crippen MR) is 84.1 cm³/mol. The highest BCUT2D eigenvalue weighted by Crippen LogP contribution is 2.17. The summed E-state index contributed by atoms with van der Waals surface area (Å²) in [6, 6.07) is 10.8. The van der Waals surface area contributed by atoms with E-state index in [9.17, 15) is 13.6 Å². The molecule has 0 aliphatic heterocycles. The van der Waals surface area contributed by atoms with Crippen LogP contribution in [0.25, 0.3) is 0 Å². The second-order valence-corrected chi connectivity index (χ2v) is 4.95. The molecule has 0 bridgehead atoms. The van der Waals surface area contributed by atoms with Gasteiger partial charge in [-0.2, -0.15) is 0 Å². The van der Waals surface area contributed by atoms with Gasteiger partial charge < -0.3 is 10.2 Å². The highest BCUT2D eigenvalue weighted by atomic mass is 19.1. The number of hydrogen-bond acceptors (Lipinski definition) is 2. The molecule has 1 amide bonds. The maximum atomic E-state index is 13.5. The Kier molecular flexibility index (Phi) is 5.09. The van der Waals surface area contributed by atoms with Crippen LogP contribution in [0.5, 0.6) is 0 Å². The number of halogens is 2. The number of nitrogens with zero attached hydrogens (tertiary/aromatic N) is 1. The Morgan fingerprint density at radius 3 is 2.59 bits per heavy atom. The van der Waals surface area contributed by atoms with E-state index in [1.807, 2.05) is 38.1 Å². The summed E-state index contributed by atoms with van der Waals surface area (Å²) in [5.74, 6) is -1.55. The maximum absolute atomic E-state index is 13.5. The zero-order chi connectivity index (χ0) is 16.1. The largest absolute Gasteiger partial charge is 0.374 e. The molecule has 0 spiro atoms. The van der Waals surface area contributed by atoms with Gasteiger partial charge >= 0.3 is 0 Å². The van der Waals surface area contributed by atoms with Crippen molar-refractivity contribution in [2.24, 2.45) is 0 Å². The topological polar surface area (TPSA) is 32.3 Å². The monoisotopic (exact) mass is 304 g/mol. The first-order valence-electron chi connectivity index (χ1n) is 7.07. The molecule has 0 saturated heterocycles. The van der Waals surface area contributed by atoms with Gasteiger partial charge in [0.1, 0.15) is 11.6 Å². The van der Waals surface area contributed by atoms with Crippen molar-refractivity contribution in [3.8, 4) is 0 Å². The van der Waals surface area contributed by atoms with E-state index in [1.165, 1.54) is 6.07 Å². The van der Waals surface area contributed by atoms with Gasteiger partial charge in [0, 0.05) is 18.3 Å². The number of aryl methyl sites for hydroxylation is 1. The van der Waals surface area contributed by atoms with E-state index in [0.717, 1.165) is 23.4 Å². The number of anilines is 2. The molecule has 0 radical (unpaired) electrons. The van der Waals surface area contributed by atoms with Crippen LogP contribution in [0.15, 0.2) is 42.5 Å². The van der Waals surface area contributed by atoms with E-state index in [-0.39, 0.29) is 18.1 Å². The molecule has 0 heterocycles. The lowest BCUT2D eigenvalue weighted by Gasteiger charge is -2.22. The molecule has 2 aromatic carbocycles. The number of carbonyl (C=O) groups excluding carboxylic acids is 1. The van der Waals surface area contributed by atoms with Gasteiger partial charge in [-0.3, -0.25) is 4.79 Å². The molecule has 5 heteroatoms. The number of likely N-dealkylation sites (N-methyl/N-ethyl adjacent to an activating group) is 1. The molecule has 0 atom stereocenters. The molecule has 0 aliphatic rings. The second-order valence-electron chi connectivity index (χ2n) is 4.95. The van der Waals surface area contributed by atoms with Crippen LogP contribution in [-0.2, 0) is 4.79 Å². The van der Waals surface area contributed by atoms with E-state index in [2.05, 4.69) is 5.32 Å². The van der Waals surface area contributed by atoms with Crippen molar-refractivity contribution >= 4 is 17.3 Å². The molecule has 0 aliphatic carbocycles. The zero-order valence-corrected chi connectivity index (χ0v) is 12.6. The standard InChI is InChI=1S/C17H18F2N2O/c1-3-21(14-6-4-5-12(2)9-14)17(22)11-20-16-8-7-13(18)10-15(16)19/h4-10,20H,3,11H2,1-2H3. The van der Waals surface area contributed by atoms with Crippen LogP contribution in [0.3, 0.4) is 0 Å². The number of rotatable bonds is 5. The average molecular weight is 304 g/mol. The highest BCUT2D eigenvalue weighted by Gasteiger charge is 2.14. The van der Waals surface area contributed by atoms with Gasteiger partial charge in [0.2, 0.25) is 5.91 Å². The maximum Gasteiger partial charge on any atom is 0.246 e. The Balaban J connectivity index is 2.06. The summed E-state index contributed by atoms with van der Waals surface area (Å²) < 4.78 is 26.4. The van der Waals surface area contributed by atoms with Gasteiger partial charge in [-0.15, -0.1) is 0 Å². The summed E-state index contributed by atoms with van der Waals surface area (Å²) in [4.78, 5) is 13.9. The van der Waals surface area contributed by atoms with Crippen LogP contribution < -0.4 is 10.2 Å². The molecular formula is C17H18F2N2O. The summed E-state index contributed by atoms with van der Waals surface area (Å²) in [5.41, 5.74) is 1.96. The molecule has 0 unspecified atom stereocenters. The molecule has 0 aromatic heterocycles. The third-order valence-electron chi connectivity index (χ3n) is 3.29. The van der Waals surface area contributed by atoms with Crippen molar-refractivity contribution < 1.29 is 13.6 Å². The summed E-state index contributed by atoms with van der Waals surface area (Å²) in [5, 5.41) is 2.71. The average Bonchev–Trinajstić information content (AvgIpc) is 2.47. The SMILES string of the molecule is CCN(C(=O)CNc1ccc(F)cc1F)c1cccc(C)c1. The lowest BCUT2D eigenvalue weighted by Crippen LogP contribution is -2.35. The minimum absolute atomic E-state index is 0.0651. The first-order chi connectivity index (χ1) is 10.5. The zero-order valence-electron chi connectivity index (χ0n) is 12.6. The van der Waals surface area contributed by atoms with E-state index >= 15 is 0 Å². The minimum atomic E-state index is -0.716. The van der Waals surface area contributed by atoms with Crippen molar-refractivity contribution in [2.45, 2.75) is 13.8 Å². The van der Waals surface area contributed by atoms with Crippen LogP contribution in [0, 0.1) is 18.6 Å². The van der Waals surface area contributed by atoms with Crippen LogP contribution in [0.2, 0.25) is 0 Å². The Hall–Kier alpha value is -2.43. The molecule has 2 aromatic rings. The Bertz CT molecular complexity index is 673. The van der Waals surface area contributed by atoms with Crippen LogP contribution in [-0.4, -0.2) is 19.0 Å². The number of amides is 1. The molecule has 3 nitrogen and oxygen atoms in total. The van der Waals surface area contributed by atoms with Gasteiger partial charge in [-0.05, 0) is 43.7 Å². The number of hydrogen-bond donors (Lipinski definition) is 1. The summed E-state index contributed by atoms with van der Waals surface area (Å²) in [6.45, 7) is 4.27. The van der Waals surface area contributed by atoms with Crippen LogP contribution >= 0.6 is 0 Å². The lowest BCUT2D eigenvalue weighted by atomic mass is 10.2. The molecular weight excluding hydrogens is 286 g/mol. The Morgan fingerprint density at radius 2 is 1.95 bits per heavy atom. The van der Waals surface area contributed by atoms with Crippen molar-refractivity contribution in [1.29, 1.82) is 0 Å². The van der Waals surface area contributed by atoms with Crippen molar-refractivity contribution in [3.05, 3.63) is 59.7 Å². The van der Waals surface area contributed by atoms with Gasteiger partial charge in [-0.25, -0.2) is 8.78 Å². The fourth-order valence-electron chi connectivity index (χ4n) is 2.20. The lowest BCUT2D eigenvalue weighted by molar-refractivity contribution is -0.116. The minimum Gasteiger partial charge on any atom is -0.374 e. The highest BCUT2D eigenvalue weighted by molar-refractivity contribution is 5.96. The second kappa shape index (κ2) is 7.02. The third-order valence-corrected chi connectivity index (χ3v) is 3.29. The van der Waals surface area contributed by atoms with E-state index < -0.39 is 11.6 Å². The molecule has 0 saturated carbocycles. The summed E-state index contributed by atoms with van der Waals surface area (Å²) >= 11 is 0. The van der Waals surface area contributed by atoms with E-state index in [0.29, 0.717) is 6.54 Å². The number of nitrogens with one attached hydrogen (secondary N) is 1.